The van der Waals surface area contributed by atoms with Gasteiger partial charge in [-0.1, -0.05) is 65.0 Å². The van der Waals surface area contributed by atoms with Crippen LogP contribution in [0.5, 0.6) is 0 Å². The van der Waals surface area contributed by atoms with Crippen LogP contribution in [0.15, 0.2) is 30.3 Å². The third-order valence-electron chi connectivity index (χ3n) is 5.28. The second-order valence-electron chi connectivity index (χ2n) is 8.68. The van der Waals surface area contributed by atoms with Crippen LogP contribution in [0.1, 0.15) is 53.0 Å². The summed E-state index contributed by atoms with van der Waals surface area (Å²) in [6, 6.07) is 9.19. The van der Waals surface area contributed by atoms with Crippen LogP contribution >= 0.6 is 0 Å². The Balaban J connectivity index is 2.55. The molecule has 2 rings (SSSR count). The standard InChI is InChI=1S/C21H29NO4/c1-14(2)11-16-12-17(23)22(18(16)24)21(19(25)26,20(3,4)5)13-15-9-7-6-8-10-15/h6-10,14,16H,11-13H2,1-5H3,(H,25,26). The molecule has 0 aliphatic carbocycles. The summed E-state index contributed by atoms with van der Waals surface area (Å²) in [6.45, 7) is 9.33. The van der Waals surface area contributed by atoms with Gasteiger partial charge >= 0.3 is 5.97 Å². The maximum absolute atomic E-state index is 13.1. The van der Waals surface area contributed by atoms with Gasteiger partial charge in [-0.2, -0.15) is 0 Å². The summed E-state index contributed by atoms with van der Waals surface area (Å²) in [5.41, 5.74) is -1.65. The van der Waals surface area contributed by atoms with Gasteiger partial charge in [0.05, 0.1) is 0 Å². The predicted molar refractivity (Wildman–Crippen MR) is 99.4 cm³/mol. The molecule has 1 aliphatic heterocycles. The smallest absolute Gasteiger partial charge is 0.331 e. The van der Waals surface area contributed by atoms with Gasteiger partial charge in [0.15, 0.2) is 5.54 Å². The van der Waals surface area contributed by atoms with Crippen LogP contribution in [0.2, 0.25) is 0 Å². The average Bonchev–Trinajstić information content (AvgIpc) is 2.78. The summed E-state index contributed by atoms with van der Waals surface area (Å²) < 4.78 is 0. The molecule has 1 aliphatic rings. The highest BCUT2D eigenvalue weighted by molar-refractivity contribution is 6.08. The molecule has 5 nitrogen and oxygen atoms in total. The first-order chi connectivity index (χ1) is 12.0. The molecule has 0 aromatic heterocycles. The molecule has 1 saturated heterocycles. The molecule has 1 fully saturated rings. The van der Waals surface area contributed by atoms with Gasteiger partial charge in [-0.05, 0) is 23.3 Å². The van der Waals surface area contributed by atoms with E-state index in [1.807, 2.05) is 44.2 Å². The Labute approximate surface area is 155 Å². The van der Waals surface area contributed by atoms with Crippen molar-refractivity contribution < 1.29 is 19.5 Å². The summed E-state index contributed by atoms with van der Waals surface area (Å²) in [6.07, 6.45) is 0.779. The van der Waals surface area contributed by atoms with Crippen molar-refractivity contribution in [1.82, 2.24) is 4.90 Å². The molecule has 2 amide bonds. The fourth-order valence-electron chi connectivity index (χ4n) is 3.91. The number of amides is 2. The molecular formula is C21H29NO4. The van der Waals surface area contributed by atoms with Crippen molar-refractivity contribution in [2.24, 2.45) is 17.3 Å². The number of hydrogen-bond acceptors (Lipinski definition) is 3. The number of rotatable bonds is 6. The third-order valence-corrected chi connectivity index (χ3v) is 5.28. The highest BCUT2D eigenvalue weighted by atomic mass is 16.4. The van der Waals surface area contributed by atoms with Crippen molar-refractivity contribution in [2.75, 3.05) is 0 Å². The molecule has 142 valence electrons. The topological polar surface area (TPSA) is 74.7 Å². The van der Waals surface area contributed by atoms with Gasteiger partial charge < -0.3 is 5.11 Å². The van der Waals surface area contributed by atoms with E-state index < -0.39 is 22.8 Å². The minimum atomic E-state index is -1.62. The fourth-order valence-corrected chi connectivity index (χ4v) is 3.91. The Kier molecular flexibility index (Phi) is 5.59. The number of carbonyl (C=O) groups excluding carboxylic acids is 2. The maximum Gasteiger partial charge on any atom is 0.331 e. The van der Waals surface area contributed by atoms with E-state index in [2.05, 4.69) is 0 Å². The molecule has 1 aromatic rings. The first kappa shape index (κ1) is 20.1. The van der Waals surface area contributed by atoms with E-state index in [0.717, 1.165) is 10.5 Å². The van der Waals surface area contributed by atoms with E-state index in [9.17, 15) is 19.5 Å². The summed E-state index contributed by atoms with van der Waals surface area (Å²) >= 11 is 0. The molecule has 26 heavy (non-hydrogen) atoms. The van der Waals surface area contributed by atoms with E-state index in [1.54, 1.807) is 20.8 Å². The molecule has 1 heterocycles. The molecule has 0 radical (unpaired) electrons. The Morgan fingerprint density at radius 2 is 1.77 bits per heavy atom. The minimum Gasteiger partial charge on any atom is -0.479 e. The second-order valence-corrected chi connectivity index (χ2v) is 8.68. The highest BCUT2D eigenvalue weighted by Crippen LogP contribution is 2.43. The number of carboxylic acids is 1. The normalized spacial score (nSPS) is 20.5. The Hall–Kier alpha value is -2.17. The van der Waals surface area contributed by atoms with E-state index in [0.29, 0.717) is 6.42 Å². The largest absolute Gasteiger partial charge is 0.479 e. The lowest BCUT2D eigenvalue weighted by molar-refractivity contribution is -0.172. The molecule has 0 spiro atoms. The van der Waals surface area contributed by atoms with Crippen molar-refractivity contribution >= 4 is 17.8 Å². The second kappa shape index (κ2) is 7.22. The number of hydrogen-bond donors (Lipinski definition) is 1. The monoisotopic (exact) mass is 359 g/mol. The molecule has 1 N–H and O–H groups in total. The molecule has 0 saturated carbocycles. The lowest BCUT2D eigenvalue weighted by Crippen LogP contribution is -2.65. The summed E-state index contributed by atoms with van der Waals surface area (Å²) in [4.78, 5) is 39.5. The van der Waals surface area contributed by atoms with Crippen molar-refractivity contribution in [2.45, 2.75) is 59.4 Å². The first-order valence-corrected chi connectivity index (χ1v) is 9.15. The summed E-state index contributed by atoms with van der Waals surface area (Å²) in [5.74, 6) is -2.04. The van der Waals surface area contributed by atoms with Crippen molar-refractivity contribution in [3.8, 4) is 0 Å². The Bertz CT molecular complexity index is 690. The quantitative estimate of drug-likeness (QED) is 0.789. The van der Waals surface area contributed by atoms with Crippen LogP contribution in [-0.4, -0.2) is 33.3 Å². The van der Waals surface area contributed by atoms with Crippen LogP contribution in [0, 0.1) is 17.3 Å². The molecule has 1 aromatic carbocycles. The molecule has 5 heteroatoms. The number of benzene rings is 1. The zero-order valence-corrected chi connectivity index (χ0v) is 16.3. The number of nitrogens with zero attached hydrogens (tertiary/aromatic N) is 1. The van der Waals surface area contributed by atoms with Gasteiger partial charge in [0, 0.05) is 18.8 Å². The van der Waals surface area contributed by atoms with Gasteiger partial charge in [-0.15, -0.1) is 0 Å². The van der Waals surface area contributed by atoms with Crippen LogP contribution in [0.25, 0.3) is 0 Å². The van der Waals surface area contributed by atoms with Crippen LogP contribution in [0.4, 0.5) is 0 Å². The Morgan fingerprint density at radius 1 is 1.19 bits per heavy atom. The number of imide groups is 1. The lowest BCUT2D eigenvalue weighted by atomic mass is 9.68. The van der Waals surface area contributed by atoms with Crippen molar-refractivity contribution in [3.63, 3.8) is 0 Å². The fraction of sp³-hybridized carbons (Fsp3) is 0.571. The molecule has 2 unspecified atom stereocenters. The van der Waals surface area contributed by atoms with Crippen LogP contribution in [0.3, 0.4) is 0 Å². The molecule has 0 bridgehead atoms. The first-order valence-electron chi connectivity index (χ1n) is 9.15. The van der Waals surface area contributed by atoms with Crippen molar-refractivity contribution in [3.05, 3.63) is 35.9 Å². The van der Waals surface area contributed by atoms with Crippen LogP contribution in [-0.2, 0) is 20.8 Å². The number of likely N-dealkylation sites (tertiary alicyclic amines) is 1. The lowest BCUT2D eigenvalue weighted by Gasteiger charge is -2.46. The van der Waals surface area contributed by atoms with Crippen LogP contribution < -0.4 is 0 Å². The zero-order valence-electron chi connectivity index (χ0n) is 16.3. The number of carboxylic acid groups (broad SMARTS) is 1. The van der Waals surface area contributed by atoms with Gasteiger partial charge in [-0.25, -0.2) is 4.79 Å². The maximum atomic E-state index is 13.1. The van der Waals surface area contributed by atoms with E-state index in [1.165, 1.54) is 0 Å². The van der Waals surface area contributed by atoms with Gasteiger partial charge in [0.25, 0.3) is 0 Å². The van der Waals surface area contributed by atoms with E-state index >= 15 is 0 Å². The summed E-state index contributed by atoms with van der Waals surface area (Å²) in [5, 5.41) is 10.2. The Morgan fingerprint density at radius 3 is 2.23 bits per heavy atom. The van der Waals surface area contributed by atoms with Gasteiger partial charge in [-0.3, -0.25) is 14.5 Å². The van der Waals surface area contributed by atoms with E-state index in [4.69, 9.17) is 0 Å². The number of aliphatic carboxylic acids is 1. The molecular weight excluding hydrogens is 330 g/mol. The van der Waals surface area contributed by atoms with Crippen molar-refractivity contribution in [1.29, 1.82) is 0 Å². The predicted octanol–water partition coefficient (Wildman–Crippen LogP) is 3.52. The minimum absolute atomic E-state index is 0.0942. The summed E-state index contributed by atoms with van der Waals surface area (Å²) in [7, 11) is 0. The van der Waals surface area contributed by atoms with Gasteiger partial charge in [0.1, 0.15) is 0 Å². The molecule has 2 atom stereocenters. The van der Waals surface area contributed by atoms with E-state index in [-0.39, 0.29) is 30.6 Å². The SMILES string of the molecule is CC(C)CC1CC(=O)N(C(Cc2ccccc2)(C(=O)O)C(C)(C)C)C1=O. The van der Waals surface area contributed by atoms with Gasteiger partial charge in [0.2, 0.25) is 11.8 Å². The average molecular weight is 359 g/mol. The third kappa shape index (κ3) is 3.53. The number of carbonyl (C=O) groups is 3. The highest BCUT2D eigenvalue weighted by Gasteiger charge is 2.60. The zero-order chi connectivity index (χ0) is 19.7.